The van der Waals surface area contributed by atoms with Crippen LogP contribution in [0.4, 0.5) is 0 Å². The van der Waals surface area contributed by atoms with Crippen LogP contribution in [0.5, 0.6) is 5.75 Å². The van der Waals surface area contributed by atoms with E-state index in [2.05, 4.69) is 16.9 Å². The minimum atomic E-state index is -0.343. The summed E-state index contributed by atoms with van der Waals surface area (Å²) in [6.45, 7) is 4.29. The molecule has 1 aromatic carbocycles. The second-order valence-corrected chi connectivity index (χ2v) is 6.29. The van der Waals surface area contributed by atoms with Gasteiger partial charge in [-0.2, -0.15) is 0 Å². The zero-order valence-electron chi connectivity index (χ0n) is 14.4. The quantitative estimate of drug-likeness (QED) is 0.543. The van der Waals surface area contributed by atoms with Gasteiger partial charge in [0.05, 0.1) is 13.7 Å². The summed E-state index contributed by atoms with van der Waals surface area (Å²) in [6, 6.07) is 7.89. The molecule has 0 spiro atoms. The average molecular weight is 348 g/mol. The number of benzene rings is 1. The van der Waals surface area contributed by atoms with Gasteiger partial charge in [-0.1, -0.05) is 37.2 Å². The average Bonchev–Trinajstić information content (AvgIpc) is 3.02. The summed E-state index contributed by atoms with van der Waals surface area (Å²) in [7, 11) is 1.65. The van der Waals surface area contributed by atoms with Gasteiger partial charge in [0, 0.05) is 12.2 Å². The van der Waals surface area contributed by atoms with Crippen LogP contribution in [0, 0.1) is 0 Å². The first-order valence-electron chi connectivity index (χ1n) is 8.19. The SMILES string of the molecule is CCCCc1nc(SCc2ccc(OC)cc2)c(C(=O)OCC)[nH]1. The summed E-state index contributed by atoms with van der Waals surface area (Å²) < 4.78 is 10.3. The fraction of sp³-hybridized carbons (Fsp3) is 0.444. The highest BCUT2D eigenvalue weighted by Crippen LogP contribution is 2.26. The van der Waals surface area contributed by atoms with Crippen molar-refractivity contribution in [2.24, 2.45) is 0 Å². The predicted octanol–water partition coefficient (Wildman–Crippen LogP) is 4.23. The van der Waals surface area contributed by atoms with E-state index >= 15 is 0 Å². The summed E-state index contributed by atoms with van der Waals surface area (Å²) in [5, 5.41) is 0.704. The van der Waals surface area contributed by atoms with Crippen LogP contribution in [0.2, 0.25) is 0 Å². The van der Waals surface area contributed by atoms with Gasteiger partial charge in [0.2, 0.25) is 0 Å². The molecule has 0 radical (unpaired) electrons. The Morgan fingerprint density at radius 3 is 2.62 bits per heavy atom. The van der Waals surface area contributed by atoms with Crippen LogP contribution in [0.15, 0.2) is 29.3 Å². The van der Waals surface area contributed by atoms with E-state index in [1.807, 2.05) is 24.3 Å². The molecular formula is C18H24N2O3S. The van der Waals surface area contributed by atoms with E-state index in [1.165, 1.54) is 11.8 Å². The smallest absolute Gasteiger partial charge is 0.357 e. The zero-order chi connectivity index (χ0) is 17.4. The first kappa shape index (κ1) is 18.4. The number of nitrogens with zero attached hydrogens (tertiary/aromatic N) is 1. The van der Waals surface area contributed by atoms with Crippen molar-refractivity contribution in [3.63, 3.8) is 0 Å². The van der Waals surface area contributed by atoms with E-state index in [-0.39, 0.29) is 5.97 Å². The van der Waals surface area contributed by atoms with E-state index in [0.717, 1.165) is 42.2 Å². The molecule has 0 aliphatic heterocycles. The highest BCUT2D eigenvalue weighted by molar-refractivity contribution is 7.98. The molecule has 2 aromatic rings. The van der Waals surface area contributed by atoms with Crippen LogP contribution in [-0.2, 0) is 16.9 Å². The van der Waals surface area contributed by atoms with Crippen LogP contribution in [0.3, 0.4) is 0 Å². The summed E-state index contributed by atoms with van der Waals surface area (Å²) in [5.41, 5.74) is 1.61. The minimum Gasteiger partial charge on any atom is -0.497 e. The molecule has 0 saturated carbocycles. The van der Waals surface area contributed by atoms with Crippen molar-refractivity contribution in [2.75, 3.05) is 13.7 Å². The Morgan fingerprint density at radius 1 is 1.25 bits per heavy atom. The molecule has 0 fully saturated rings. The molecule has 1 aromatic heterocycles. The van der Waals surface area contributed by atoms with Crippen LogP contribution >= 0.6 is 11.8 Å². The Morgan fingerprint density at radius 2 is 2.00 bits per heavy atom. The van der Waals surface area contributed by atoms with Gasteiger partial charge in [-0.05, 0) is 31.0 Å². The van der Waals surface area contributed by atoms with Crippen molar-refractivity contribution in [1.82, 2.24) is 9.97 Å². The lowest BCUT2D eigenvalue weighted by atomic mass is 10.2. The molecule has 2 rings (SSSR count). The maximum atomic E-state index is 12.1. The first-order valence-corrected chi connectivity index (χ1v) is 9.18. The number of rotatable bonds is 9. The molecule has 0 aliphatic carbocycles. The highest BCUT2D eigenvalue weighted by Gasteiger charge is 2.18. The number of thioether (sulfide) groups is 1. The number of H-pyrrole nitrogens is 1. The summed E-state index contributed by atoms with van der Waals surface area (Å²) in [4.78, 5) is 19.8. The Balaban J connectivity index is 2.10. The van der Waals surface area contributed by atoms with Crippen LogP contribution in [0.1, 0.15) is 48.6 Å². The summed E-state index contributed by atoms with van der Waals surface area (Å²) >= 11 is 1.54. The number of nitrogens with one attached hydrogen (secondary N) is 1. The van der Waals surface area contributed by atoms with E-state index in [1.54, 1.807) is 14.0 Å². The molecule has 0 aliphatic rings. The minimum absolute atomic E-state index is 0.343. The van der Waals surface area contributed by atoms with Crippen molar-refractivity contribution >= 4 is 17.7 Å². The van der Waals surface area contributed by atoms with Gasteiger partial charge in [0.25, 0.3) is 0 Å². The Labute approximate surface area is 147 Å². The maximum absolute atomic E-state index is 12.1. The molecule has 0 amide bonds. The zero-order valence-corrected chi connectivity index (χ0v) is 15.2. The molecule has 6 heteroatoms. The second-order valence-electron chi connectivity index (χ2n) is 5.32. The molecule has 130 valence electrons. The highest BCUT2D eigenvalue weighted by atomic mass is 32.2. The number of ether oxygens (including phenoxy) is 2. The molecule has 0 unspecified atom stereocenters. The summed E-state index contributed by atoms with van der Waals surface area (Å²) in [6.07, 6.45) is 2.97. The van der Waals surface area contributed by atoms with Crippen molar-refractivity contribution < 1.29 is 14.3 Å². The number of aromatic amines is 1. The van der Waals surface area contributed by atoms with Gasteiger partial charge in [-0.25, -0.2) is 9.78 Å². The fourth-order valence-corrected chi connectivity index (χ4v) is 3.14. The lowest BCUT2D eigenvalue weighted by molar-refractivity contribution is 0.0515. The number of imidazole rings is 1. The van der Waals surface area contributed by atoms with Crippen molar-refractivity contribution in [3.05, 3.63) is 41.3 Å². The lowest BCUT2D eigenvalue weighted by Crippen LogP contribution is -2.06. The van der Waals surface area contributed by atoms with Crippen molar-refractivity contribution in [1.29, 1.82) is 0 Å². The molecule has 1 heterocycles. The molecule has 0 bridgehead atoms. The van der Waals surface area contributed by atoms with Gasteiger partial charge in [0.15, 0.2) is 5.69 Å². The third-order valence-electron chi connectivity index (χ3n) is 3.50. The Kier molecular flexibility index (Phi) is 7.18. The number of hydrogen-bond acceptors (Lipinski definition) is 5. The van der Waals surface area contributed by atoms with Crippen LogP contribution in [-0.4, -0.2) is 29.7 Å². The van der Waals surface area contributed by atoms with Gasteiger partial charge in [-0.3, -0.25) is 0 Å². The molecule has 5 nitrogen and oxygen atoms in total. The van der Waals surface area contributed by atoms with Gasteiger partial charge in [0.1, 0.15) is 16.6 Å². The van der Waals surface area contributed by atoms with Gasteiger partial charge in [-0.15, -0.1) is 0 Å². The Bertz CT molecular complexity index is 653. The largest absolute Gasteiger partial charge is 0.497 e. The number of aryl methyl sites for hydroxylation is 1. The van der Waals surface area contributed by atoms with Crippen LogP contribution in [0.25, 0.3) is 0 Å². The van der Waals surface area contributed by atoms with E-state index in [9.17, 15) is 4.79 Å². The lowest BCUT2D eigenvalue weighted by Gasteiger charge is -2.04. The van der Waals surface area contributed by atoms with Gasteiger partial charge < -0.3 is 14.5 Å². The number of esters is 1. The van der Waals surface area contributed by atoms with E-state index in [0.29, 0.717) is 17.3 Å². The molecule has 0 saturated heterocycles. The van der Waals surface area contributed by atoms with Gasteiger partial charge >= 0.3 is 5.97 Å². The van der Waals surface area contributed by atoms with Crippen molar-refractivity contribution in [3.8, 4) is 5.75 Å². The molecule has 0 atom stereocenters. The van der Waals surface area contributed by atoms with Crippen LogP contribution < -0.4 is 4.74 Å². The topological polar surface area (TPSA) is 64.2 Å². The standard InChI is InChI=1S/C18H24N2O3S/c1-4-6-7-15-19-16(18(21)23-5-2)17(20-15)24-12-13-8-10-14(22-3)11-9-13/h8-11H,4-7,12H2,1-3H3,(H,19,20). The molecule has 1 N–H and O–H groups in total. The first-order chi connectivity index (χ1) is 11.7. The number of unbranched alkanes of at least 4 members (excludes halogenated alkanes) is 1. The number of carbonyl (C=O) groups is 1. The second kappa shape index (κ2) is 9.37. The van der Waals surface area contributed by atoms with E-state index in [4.69, 9.17) is 9.47 Å². The monoisotopic (exact) mass is 348 g/mol. The fourth-order valence-electron chi connectivity index (χ4n) is 2.19. The van der Waals surface area contributed by atoms with Crippen molar-refractivity contribution in [2.45, 2.75) is 43.9 Å². The summed E-state index contributed by atoms with van der Waals surface area (Å²) in [5.74, 6) is 2.06. The third kappa shape index (κ3) is 5.03. The predicted molar refractivity (Wildman–Crippen MR) is 95.7 cm³/mol. The molecular weight excluding hydrogens is 324 g/mol. The van der Waals surface area contributed by atoms with E-state index < -0.39 is 0 Å². The maximum Gasteiger partial charge on any atom is 0.357 e. The third-order valence-corrected chi connectivity index (χ3v) is 4.55. The number of methoxy groups -OCH3 is 1. The molecule has 24 heavy (non-hydrogen) atoms. The number of hydrogen-bond donors (Lipinski definition) is 1. The number of aromatic nitrogens is 2. The number of carbonyl (C=O) groups excluding carboxylic acids is 1. The normalized spacial score (nSPS) is 10.6. The Hall–Kier alpha value is -1.95.